The van der Waals surface area contributed by atoms with E-state index < -0.39 is 0 Å². The summed E-state index contributed by atoms with van der Waals surface area (Å²) in [4.78, 5) is 31.1. The highest BCUT2D eigenvalue weighted by Crippen LogP contribution is 2.35. The Balaban J connectivity index is 1.00. The lowest BCUT2D eigenvalue weighted by Crippen LogP contribution is -2.20. The van der Waals surface area contributed by atoms with Gasteiger partial charge in [-0.15, -0.1) is 0 Å². The van der Waals surface area contributed by atoms with Gasteiger partial charge in [0.15, 0.2) is 0 Å². The first-order chi connectivity index (χ1) is 28.5. The molecule has 0 aliphatic carbocycles. The summed E-state index contributed by atoms with van der Waals surface area (Å²) >= 11 is 3.30. The molecule has 0 atom stereocenters. The molecule has 0 aliphatic heterocycles. The highest BCUT2D eigenvalue weighted by atomic mass is 32.2. The molecule has 5 nitrogen and oxygen atoms in total. The van der Waals surface area contributed by atoms with Crippen molar-refractivity contribution in [2.75, 3.05) is 10.6 Å². The highest BCUT2D eigenvalue weighted by molar-refractivity contribution is 7.99. The third-order valence-corrected chi connectivity index (χ3v) is 12.5. The van der Waals surface area contributed by atoms with Crippen molar-refractivity contribution in [2.45, 2.75) is 124 Å². The topological polar surface area (TPSA) is 67.4 Å². The van der Waals surface area contributed by atoms with Crippen molar-refractivity contribution in [3.05, 3.63) is 167 Å². The molecule has 0 bridgehead atoms. The molecule has 0 unspecified atom stereocenters. The molecule has 0 fully saturated rings. The number of amides is 2. The van der Waals surface area contributed by atoms with Crippen LogP contribution in [0.25, 0.3) is 0 Å². The molecule has 6 aromatic carbocycles. The molecular formula is C54H60N2O3S2. The van der Waals surface area contributed by atoms with Crippen molar-refractivity contribution in [1.29, 1.82) is 0 Å². The molecule has 61 heavy (non-hydrogen) atoms. The van der Waals surface area contributed by atoms with Gasteiger partial charge in [0.25, 0.3) is 11.8 Å². The van der Waals surface area contributed by atoms with E-state index in [0.717, 1.165) is 64.7 Å². The minimum Gasteiger partial charge on any atom is -0.457 e. The summed E-state index contributed by atoms with van der Waals surface area (Å²) in [6.45, 7) is 26.1. The van der Waals surface area contributed by atoms with Gasteiger partial charge in [-0.25, -0.2) is 0 Å². The molecule has 316 valence electrons. The number of nitrogens with one attached hydrogen (secondary N) is 2. The first-order valence-electron chi connectivity index (χ1n) is 20.9. The van der Waals surface area contributed by atoms with Gasteiger partial charge in [-0.2, -0.15) is 0 Å². The van der Waals surface area contributed by atoms with Crippen LogP contribution in [0.3, 0.4) is 0 Å². The van der Waals surface area contributed by atoms with Crippen LogP contribution >= 0.6 is 23.5 Å². The highest BCUT2D eigenvalue weighted by Gasteiger charge is 2.24. The minimum absolute atomic E-state index is 0.0663. The smallest absolute Gasteiger partial charge is 0.255 e. The molecule has 0 aliphatic rings. The monoisotopic (exact) mass is 848 g/mol. The first kappa shape index (κ1) is 45.3. The van der Waals surface area contributed by atoms with Crippen molar-refractivity contribution in [1.82, 2.24) is 0 Å². The molecule has 0 heterocycles. The average molecular weight is 849 g/mol. The van der Waals surface area contributed by atoms with Gasteiger partial charge >= 0.3 is 0 Å². The number of hydrogen-bond acceptors (Lipinski definition) is 5. The van der Waals surface area contributed by atoms with E-state index >= 15 is 0 Å². The van der Waals surface area contributed by atoms with E-state index in [1.165, 1.54) is 0 Å². The molecule has 7 heteroatoms. The Bertz CT molecular complexity index is 2240. The molecule has 2 N–H and O–H groups in total. The summed E-state index contributed by atoms with van der Waals surface area (Å²) in [5, 5.41) is 6.19. The van der Waals surface area contributed by atoms with E-state index in [9.17, 15) is 9.59 Å². The largest absolute Gasteiger partial charge is 0.457 e. The van der Waals surface area contributed by atoms with Gasteiger partial charge in [-0.05, 0) is 165 Å². The normalized spacial score (nSPS) is 12.2. The van der Waals surface area contributed by atoms with E-state index in [-0.39, 0.29) is 33.5 Å². The van der Waals surface area contributed by atoms with Crippen LogP contribution in [0.4, 0.5) is 11.4 Å². The zero-order valence-electron chi connectivity index (χ0n) is 37.7. The van der Waals surface area contributed by atoms with Crippen molar-refractivity contribution in [3.63, 3.8) is 0 Å². The molecule has 0 aromatic heterocycles. The number of carbonyl (C=O) groups excluding carboxylic acids is 2. The maximum atomic E-state index is 13.4. The molecule has 0 radical (unpaired) electrons. The standard InChI is InChI=1S/C54H60N2O3S2/c1-51(2,3)37-29-35(30-38(33-37)52(4,5)6)49(57)55-41-13-21-45(22-14-41)60-47-25-17-43(18-26-47)59-44-19-27-48(28-20-44)61-46-23-15-42(16-24-46)56-50(58)36-31-39(53(7,8)9)34-40(32-36)54(10,11)12/h13-34H,1-12H3,(H,55,57)(H,56,58). The molecule has 2 amide bonds. The fourth-order valence-electron chi connectivity index (χ4n) is 6.43. The minimum atomic E-state index is -0.108. The summed E-state index contributed by atoms with van der Waals surface area (Å²) in [5.41, 5.74) is 7.20. The van der Waals surface area contributed by atoms with Crippen molar-refractivity contribution in [2.24, 2.45) is 0 Å². The second-order valence-corrected chi connectivity index (χ2v) is 22.1. The van der Waals surface area contributed by atoms with Crippen LogP contribution in [0.15, 0.2) is 153 Å². The predicted molar refractivity (Wildman–Crippen MR) is 258 cm³/mol. The first-order valence-corrected chi connectivity index (χ1v) is 22.5. The van der Waals surface area contributed by atoms with Gasteiger partial charge in [0.2, 0.25) is 0 Å². The van der Waals surface area contributed by atoms with Gasteiger partial charge < -0.3 is 15.4 Å². The summed E-state index contributed by atoms with van der Waals surface area (Å²) in [5.74, 6) is 1.29. The lowest BCUT2D eigenvalue weighted by atomic mass is 9.79. The Morgan fingerprint density at radius 1 is 0.377 bits per heavy atom. The van der Waals surface area contributed by atoms with Gasteiger partial charge in [0.1, 0.15) is 11.5 Å². The maximum Gasteiger partial charge on any atom is 0.255 e. The van der Waals surface area contributed by atoms with Crippen LogP contribution in [0.1, 0.15) is 126 Å². The molecule has 0 saturated heterocycles. The zero-order chi connectivity index (χ0) is 44.3. The van der Waals surface area contributed by atoms with Gasteiger partial charge in [-0.1, -0.05) is 119 Å². The quantitative estimate of drug-likeness (QED) is 0.144. The fraction of sp³-hybridized carbons (Fsp3) is 0.296. The fourth-order valence-corrected chi connectivity index (χ4v) is 8.06. The Morgan fingerprint density at radius 3 is 0.869 bits per heavy atom. The lowest BCUT2D eigenvalue weighted by Gasteiger charge is -2.26. The molecule has 6 rings (SSSR count). The molecule has 0 saturated carbocycles. The Hall–Kier alpha value is -5.24. The third kappa shape index (κ3) is 12.4. The van der Waals surface area contributed by atoms with E-state index in [1.54, 1.807) is 23.5 Å². The second-order valence-electron chi connectivity index (χ2n) is 19.8. The van der Waals surface area contributed by atoms with Gasteiger partial charge in [0.05, 0.1) is 0 Å². The van der Waals surface area contributed by atoms with Crippen LogP contribution in [0.5, 0.6) is 11.5 Å². The second kappa shape index (κ2) is 18.0. The van der Waals surface area contributed by atoms with E-state index in [4.69, 9.17) is 4.74 Å². The van der Waals surface area contributed by atoms with Crippen LogP contribution < -0.4 is 15.4 Å². The van der Waals surface area contributed by atoms with Crippen LogP contribution in [0.2, 0.25) is 0 Å². The van der Waals surface area contributed by atoms with E-state index in [2.05, 4.69) is 106 Å². The average Bonchev–Trinajstić information content (AvgIpc) is 3.19. The van der Waals surface area contributed by atoms with Crippen LogP contribution in [-0.2, 0) is 21.7 Å². The molecule has 0 spiro atoms. The van der Waals surface area contributed by atoms with Crippen molar-refractivity contribution >= 4 is 46.7 Å². The van der Waals surface area contributed by atoms with Crippen molar-refractivity contribution in [3.8, 4) is 11.5 Å². The van der Waals surface area contributed by atoms with Crippen molar-refractivity contribution < 1.29 is 14.3 Å². The SMILES string of the molecule is CC(C)(C)c1cc(C(=O)Nc2ccc(Sc3ccc(Oc4ccc(Sc5ccc(NC(=O)c6cc(C(C)(C)C)cc(C(C)(C)C)c6)cc5)cc4)cc3)cc2)cc(C(C)(C)C)c1. The number of carbonyl (C=O) groups is 2. The third-order valence-electron chi connectivity index (χ3n) is 10.4. The van der Waals surface area contributed by atoms with E-state index in [1.807, 2.05) is 121 Å². The summed E-state index contributed by atoms with van der Waals surface area (Å²) in [6, 6.07) is 44.5. The Kier molecular flexibility index (Phi) is 13.4. The number of hydrogen-bond donors (Lipinski definition) is 2. The molecule has 6 aromatic rings. The zero-order valence-corrected chi connectivity index (χ0v) is 39.4. The number of benzene rings is 6. The molecular weight excluding hydrogens is 789 g/mol. The summed E-state index contributed by atoms with van der Waals surface area (Å²) < 4.78 is 6.17. The maximum absolute atomic E-state index is 13.4. The van der Waals surface area contributed by atoms with Gasteiger partial charge in [-0.3, -0.25) is 9.59 Å². The Morgan fingerprint density at radius 2 is 0.623 bits per heavy atom. The number of ether oxygens (including phenoxy) is 1. The van der Waals surface area contributed by atoms with Crippen LogP contribution in [0, 0.1) is 0 Å². The Labute approximate surface area is 372 Å². The predicted octanol–water partition coefficient (Wildman–Crippen LogP) is 15.5. The number of rotatable bonds is 10. The van der Waals surface area contributed by atoms with Gasteiger partial charge in [0, 0.05) is 42.1 Å². The summed E-state index contributed by atoms with van der Waals surface area (Å²) in [7, 11) is 0. The van der Waals surface area contributed by atoms with E-state index in [0.29, 0.717) is 11.1 Å². The summed E-state index contributed by atoms with van der Waals surface area (Å²) in [6.07, 6.45) is 0. The lowest BCUT2D eigenvalue weighted by molar-refractivity contribution is 0.101. The number of anilines is 2. The van der Waals surface area contributed by atoms with Crippen LogP contribution in [-0.4, -0.2) is 11.8 Å².